The number of carbonyl (C=O) groups excluding carboxylic acids is 1. The van der Waals surface area contributed by atoms with Crippen molar-refractivity contribution in [2.45, 2.75) is 27.2 Å². The van der Waals surface area contributed by atoms with Gasteiger partial charge in [-0.1, -0.05) is 0 Å². The molecule has 0 saturated carbocycles. The maximum absolute atomic E-state index is 11.1. The molecule has 0 aliphatic carbocycles. The number of aryl methyl sites for hydroxylation is 2. The molecule has 0 aliphatic heterocycles. The van der Waals surface area contributed by atoms with Crippen molar-refractivity contribution >= 4 is 5.78 Å². The number of nitrogens with one attached hydrogen (secondary N) is 1. The van der Waals surface area contributed by atoms with E-state index in [-0.39, 0.29) is 5.78 Å². The Morgan fingerprint density at radius 3 is 2.68 bits per heavy atom. The van der Waals surface area contributed by atoms with E-state index >= 15 is 0 Å². The van der Waals surface area contributed by atoms with Gasteiger partial charge in [-0.3, -0.25) is 4.79 Å². The second kappa shape index (κ2) is 5.26. The number of methoxy groups -OCH3 is 1. The van der Waals surface area contributed by atoms with Crippen molar-refractivity contribution < 1.29 is 9.53 Å². The smallest absolute Gasteiger partial charge is 0.137 e. The van der Waals surface area contributed by atoms with E-state index in [0.29, 0.717) is 12.2 Å². The van der Waals surface area contributed by atoms with Crippen molar-refractivity contribution in [1.29, 1.82) is 0 Å². The lowest BCUT2D eigenvalue weighted by molar-refractivity contribution is -0.116. The third kappa shape index (κ3) is 2.84. The molecule has 19 heavy (non-hydrogen) atoms. The summed E-state index contributed by atoms with van der Waals surface area (Å²) in [7, 11) is 1.66. The molecule has 0 bridgehead atoms. The molecule has 0 fully saturated rings. The van der Waals surface area contributed by atoms with Gasteiger partial charge in [-0.15, -0.1) is 0 Å². The number of nitrogens with zero attached hydrogens (tertiary/aromatic N) is 1. The highest BCUT2D eigenvalue weighted by molar-refractivity contribution is 5.77. The maximum atomic E-state index is 11.1. The van der Waals surface area contributed by atoms with Gasteiger partial charge in [0.25, 0.3) is 0 Å². The van der Waals surface area contributed by atoms with Crippen molar-refractivity contribution in [2.75, 3.05) is 7.11 Å². The molecule has 1 aromatic heterocycles. The van der Waals surface area contributed by atoms with Crippen molar-refractivity contribution in [3.8, 4) is 17.0 Å². The van der Waals surface area contributed by atoms with Crippen LogP contribution in [0.4, 0.5) is 0 Å². The number of ketones is 1. The summed E-state index contributed by atoms with van der Waals surface area (Å²) in [6.45, 7) is 5.53. The largest absolute Gasteiger partial charge is 0.496 e. The number of benzene rings is 1. The van der Waals surface area contributed by atoms with E-state index in [0.717, 1.165) is 28.3 Å². The summed E-state index contributed by atoms with van der Waals surface area (Å²) < 4.78 is 5.25. The predicted molar refractivity (Wildman–Crippen MR) is 74.4 cm³/mol. The Bertz CT molecular complexity index is 615. The fraction of sp³-hybridized carbons (Fsp3) is 0.333. The van der Waals surface area contributed by atoms with Gasteiger partial charge >= 0.3 is 0 Å². The van der Waals surface area contributed by atoms with Gasteiger partial charge in [0.1, 0.15) is 17.4 Å². The molecule has 2 aromatic rings. The van der Waals surface area contributed by atoms with Crippen LogP contribution in [0, 0.1) is 13.8 Å². The molecular formula is C15H18N2O2. The predicted octanol–water partition coefficient (Wildman–Crippen LogP) is 2.83. The first-order valence-corrected chi connectivity index (χ1v) is 6.21. The molecule has 0 unspecified atom stereocenters. The number of rotatable bonds is 4. The van der Waals surface area contributed by atoms with Gasteiger partial charge in [0, 0.05) is 11.3 Å². The molecule has 0 radical (unpaired) electrons. The van der Waals surface area contributed by atoms with Gasteiger partial charge in [0.2, 0.25) is 0 Å². The van der Waals surface area contributed by atoms with Gasteiger partial charge in [-0.25, -0.2) is 4.98 Å². The van der Waals surface area contributed by atoms with E-state index < -0.39 is 0 Å². The van der Waals surface area contributed by atoms with Crippen molar-refractivity contribution in [3.63, 3.8) is 0 Å². The molecule has 1 heterocycles. The van der Waals surface area contributed by atoms with Crippen molar-refractivity contribution in [1.82, 2.24) is 9.97 Å². The number of ether oxygens (including phenoxy) is 1. The number of carbonyl (C=O) groups is 1. The first kappa shape index (κ1) is 13.3. The number of imidazole rings is 1. The summed E-state index contributed by atoms with van der Waals surface area (Å²) in [4.78, 5) is 18.8. The van der Waals surface area contributed by atoms with E-state index in [1.54, 1.807) is 14.0 Å². The normalized spacial score (nSPS) is 10.5. The van der Waals surface area contributed by atoms with E-state index in [1.165, 1.54) is 0 Å². The maximum Gasteiger partial charge on any atom is 0.137 e. The number of H-pyrrole nitrogens is 1. The summed E-state index contributed by atoms with van der Waals surface area (Å²) in [6, 6.07) is 5.95. The Balaban J connectivity index is 2.38. The van der Waals surface area contributed by atoms with Crippen LogP contribution < -0.4 is 4.74 Å². The van der Waals surface area contributed by atoms with Gasteiger partial charge in [0.05, 0.1) is 19.2 Å². The third-order valence-electron chi connectivity index (χ3n) is 3.02. The summed E-state index contributed by atoms with van der Waals surface area (Å²) in [6.07, 6.45) is 0.343. The molecule has 4 nitrogen and oxygen atoms in total. The van der Waals surface area contributed by atoms with Crippen LogP contribution in [0.5, 0.6) is 5.75 Å². The van der Waals surface area contributed by atoms with Crippen LogP contribution in [-0.4, -0.2) is 22.9 Å². The average Bonchev–Trinajstić information content (AvgIpc) is 2.69. The Hall–Kier alpha value is -2.10. The molecule has 1 aromatic carbocycles. The summed E-state index contributed by atoms with van der Waals surface area (Å²) in [5.41, 5.74) is 3.96. The molecule has 100 valence electrons. The lowest BCUT2D eigenvalue weighted by Crippen LogP contribution is -1.98. The summed E-state index contributed by atoms with van der Waals surface area (Å²) in [5, 5.41) is 0. The second-order valence-electron chi connectivity index (χ2n) is 4.72. The summed E-state index contributed by atoms with van der Waals surface area (Å²) >= 11 is 0. The number of hydrogen-bond donors (Lipinski definition) is 1. The lowest BCUT2D eigenvalue weighted by atomic mass is 10.1. The van der Waals surface area contributed by atoms with Crippen LogP contribution in [0.15, 0.2) is 18.2 Å². The van der Waals surface area contributed by atoms with Crippen LogP contribution >= 0.6 is 0 Å². The SMILES string of the molecule is COc1ccc(-c2nc(CC(C)=O)[nH]c2C)cc1C. The fourth-order valence-electron chi connectivity index (χ4n) is 2.15. The Morgan fingerprint density at radius 1 is 1.37 bits per heavy atom. The quantitative estimate of drug-likeness (QED) is 0.917. The van der Waals surface area contributed by atoms with Gasteiger partial charge < -0.3 is 9.72 Å². The molecular weight excluding hydrogens is 240 g/mol. The highest BCUT2D eigenvalue weighted by atomic mass is 16.5. The zero-order valence-electron chi connectivity index (χ0n) is 11.7. The van der Waals surface area contributed by atoms with Gasteiger partial charge in [-0.05, 0) is 44.5 Å². The van der Waals surface area contributed by atoms with Crippen LogP contribution in [0.1, 0.15) is 24.0 Å². The van der Waals surface area contributed by atoms with Crippen molar-refractivity contribution in [2.24, 2.45) is 0 Å². The van der Waals surface area contributed by atoms with Crippen LogP contribution in [-0.2, 0) is 11.2 Å². The van der Waals surface area contributed by atoms with Crippen LogP contribution in [0.25, 0.3) is 11.3 Å². The van der Waals surface area contributed by atoms with Gasteiger partial charge in [0.15, 0.2) is 0 Å². The average molecular weight is 258 g/mol. The molecule has 2 rings (SSSR count). The minimum absolute atomic E-state index is 0.103. The summed E-state index contributed by atoms with van der Waals surface area (Å²) in [5.74, 6) is 1.68. The molecule has 0 aliphatic rings. The molecule has 0 spiro atoms. The van der Waals surface area contributed by atoms with E-state index in [2.05, 4.69) is 9.97 Å². The molecule has 0 amide bonds. The minimum atomic E-state index is 0.103. The first-order valence-electron chi connectivity index (χ1n) is 6.21. The molecule has 0 saturated heterocycles. The topological polar surface area (TPSA) is 55.0 Å². The Kier molecular flexibility index (Phi) is 3.69. The number of Topliss-reactive ketones (excluding diaryl/α,β-unsaturated/α-hetero) is 1. The third-order valence-corrected chi connectivity index (χ3v) is 3.02. The molecule has 1 N–H and O–H groups in total. The minimum Gasteiger partial charge on any atom is -0.496 e. The van der Waals surface area contributed by atoms with Crippen LogP contribution in [0.3, 0.4) is 0 Å². The van der Waals surface area contributed by atoms with Crippen LogP contribution in [0.2, 0.25) is 0 Å². The number of aromatic nitrogens is 2. The standard InChI is InChI=1S/C15H18N2O2/c1-9-7-12(5-6-13(9)19-4)15-11(3)16-14(17-15)8-10(2)18/h5-7H,8H2,1-4H3,(H,16,17). The van der Waals surface area contributed by atoms with E-state index in [4.69, 9.17) is 4.74 Å². The highest BCUT2D eigenvalue weighted by Crippen LogP contribution is 2.27. The van der Waals surface area contributed by atoms with E-state index in [1.807, 2.05) is 32.0 Å². The fourth-order valence-corrected chi connectivity index (χ4v) is 2.15. The zero-order valence-corrected chi connectivity index (χ0v) is 11.7. The monoisotopic (exact) mass is 258 g/mol. The number of hydrogen-bond acceptors (Lipinski definition) is 3. The van der Waals surface area contributed by atoms with E-state index in [9.17, 15) is 4.79 Å². The Labute approximate surface area is 112 Å². The molecule has 0 atom stereocenters. The zero-order chi connectivity index (χ0) is 14.0. The molecule has 4 heteroatoms. The Morgan fingerprint density at radius 2 is 2.11 bits per heavy atom. The highest BCUT2D eigenvalue weighted by Gasteiger charge is 2.11. The van der Waals surface area contributed by atoms with Crippen molar-refractivity contribution in [3.05, 3.63) is 35.3 Å². The lowest BCUT2D eigenvalue weighted by Gasteiger charge is -2.06. The first-order chi connectivity index (χ1) is 9.01. The second-order valence-corrected chi connectivity index (χ2v) is 4.72. The van der Waals surface area contributed by atoms with Gasteiger partial charge in [-0.2, -0.15) is 0 Å². The number of aromatic amines is 1.